The minimum absolute atomic E-state index is 0.0503. The highest BCUT2D eigenvalue weighted by Gasteiger charge is 2.64. The zero-order chi connectivity index (χ0) is 97.8. The van der Waals surface area contributed by atoms with Gasteiger partial charge in [-0.1, -0.05) is 0 Å². The zero-order valence-corrected chi connectivity index (χ0v) is 72.1. The van der Waals surface area contributed by atoms with Gasteiger partial charge < -0.3 is 217 Å². The second kappa shape index (κ2) is 46.9. The van der Waals surface area contributed by atoms with E-state index < -0.39 is 374 Å². The van der Waals surface area contributed by atoms with Gasteiger partial charge >= 0.3 is 11.9 Å². The van der Waals surface area contributed by atoms with Crippen LogP contribution in [0.25, 0.3) is 0 Å². The molecule has 0 saturated carbocycles. The first-order valence-electron chi connectivity index (χ1n) is 41.9. The Kier molecular flexibility index (Phi) is 38.8. The van der Waals surface area contributed by atoms with Gasteiger partial charge in [0.15, 0.2) is 25.2 Å². The normalized spacial score (nSPS) is 37.1. The molecule has 746 valence electrons. The number of carbonyl (C=O) groups is 13. The summed E-state index contributed by atoms with van der Waals surface area (Å²) in [6, 6.07) is -17.0. The number of carboxylic acid groups (broad SMARTS) is 2. The predicted molar refractivity (Wildman–Crippen MR) is 419 cm³/mol. The molecule has 11 amide bonds. The van der Waals surface area contributed by atoms with Crippen LogP contribution in [-0.4, -0.2) is 486 Å². The van der Waals surface area contributed by atoms with Crippen LogP contribution in [0.4, 0.5) is 0 Å². The fraction of sp³-hybridized carbons (Fsp3) is 0.827. The van der Waals surface area contributed by atoms with Crippen molar-refractivity contribution in [1.82, 2.24) is 52.3 Å². The number of amides is 11. The Morgan fingerprint density at radius 3 is 1.34 bits per heavy atom. The van der Waals surface area contributed by atoms with Crippen molar-refractivity contribution in [2.75, 3.05) is 59.3 Å². The van der Waals surface area contributed by atoms with Crippen LogP contribution in [-0.2, 0) is 119 Å². The first-order chi connectivity index (χ1) is 61.5. The van der Waals surface area contributed by atoms with Crippen molar-refractivity contribution < 1.29 is 221 Å². The third-order valence-electron chi connectivity index (χ3n) is 23.4. The average Bonchev–Trinajstić information content (AvgIpc) is 1.24. The highest BCUT2D eigenvalue weighted by atomic mass is 16.8. The smallest absolute Gasteiger partial charge is 0.364 e. The maximum Gasteiger partial charge on any atom is 0.364 e. The minimum Gasteiger partial charge on any atom is -0.477 e. The van der Waals surface area contributed by atoms with E-state index in [1.165, 1.54) is 11.8 Å². The van der Waals surface area contributed by atoms with Gasteiger partial charge in [0.2, 0.25) is 65.0 Å². The summed E-state index contributed by atoms with van der Waals surface area (Å²) >= 11 is 0. The number of carboxylic acids is 2. The second-order valence-corrected chi connectivity index (χ2v) is 33.1. The fourth-order valence-electron chi connectivity index (χ4n) is 16.7. The molecule has 0 spiro atoms. The number of hydrogen-bond acceptors (Lipinski definition) is 43. The Morgan fingerprint density at radius 2 is 0.893 bits per heavy atom. The first kappa shape index (κ1) is 108. The lowest BCUT2D eigenvalue weighted by Crippen LogP contribution is -2.71. The third-order valence-corrected chi connectivity index (χ3v) is 23.4. The topological polar surface area (TPSA) is 866 Å². The zero-order valence-electron chi connectivity index (χ0n) is 72.1. The molecule has 8 rings (SSSR count). The Morgan fingerprint density at radius 1 is 0.458 bits per heavy atom. The summed E-state index contributed by atoms with van der Waals surface area (Å²) < 4.78 is 71.9. The van der Waals surface area contributed by atoms with E-state index in [9.17, 15) is 160 Å². The molecular formula is C75H121N11O45. The lowest BCUT2D eigenvalue weighted by atomic mass is 9.88. The average molecular weight is 1900 g/mol. The van der Waals surface area contributed by atoms with E-state index in [1.54, 1.807) is 0 Å². The molecule has 8 heterocycles. The number of hydrogen-bond donors (Lipinski definition) is 29. The lowest BCUT2D eigenvalue weighted by Gasteiger charge is -2.51. The Bertz CT molecular complexity index is 3950. The van der Waals surface area contributed by atoms with E-state index in [0.29, 0.717) is 6.42 Å². The van der Waals surface area contributed by atoms with Crippen LogP contribution in [0.2, 0.25) is 0 Å². The maximum absolute atomic E-state index is 15.1. The molecule has 0 aliphatic carbocycles. The highest BCUT2D eigenvalue weighted by Crippen LogP contribution is 2.42. The van der Waals surface area contributed by atoms with Crippen molar-refractivity contribution in [2.45, 2.75) is 331 Å². The molecule has 0 aromatic carbocycles. The number of carbonyl (C=O) groups excluding carboxylic acids is 11. The molecule has 8 aliphatic heterocycles. The fourth-order valence-corrected chi connectivity index (χ4v) is 16.7. The van der Waals surface area contributed by atoms with Crippen molar-refractivity contribution in [3.8, 4) is 0 Å². The largest absolute Gasteiger partial charge is 0.477 e. The number of aliphatic carboxylic acids is 2. The summed E-state index contributed by atoms with van der Waals surface area (Å²) in [6.07, 6.45) is -63.8. The standard InChI is InChI=1S/C75H121N11O45/c1-24(62(76)110)77-64(112)33-11-9-13-85(33)67(115)34-12-10-14-86(34)66(114)25(2)78-65(113)43(84-63(111)32(17-87)79-27(4)93)26(3)121-69-47(83-31(8)97)57(127-71-55(109)61(51(105)40(21-91)123-71)131-75(73(118)119)16-36(99)45(81-29(6)95)59(129-75)49(103)38(101)19-89)52(106)42(125-69)23-120-68-46(82-30(7)96)53(107)56(41(22-92)124-68)126-70-54(108)60(50(104)39(20-90)122-70)130-74(72(116)117)15-35(98)44(80-28(5)94)58(128-74)48(102)37(100)18-88/h24-26,32-61,68-71,87-92,98-109H,9-23H2,1-8H3,(H2,76,110)(H,77,112)(H,78,113)(H,79,93)(H,80,94)(H,81,95)(H,82,96)(H,83,97)(H,84,111)(H,116,117)(H,118,119)/t24?,25?,26?,32?,33?,34?,35-,36-,37-,38-,39?,40?,41?,42?,43?,44-,45-,46?,47?,48-,49-,50+,51+,52+,53-,54?,55?,56-,57-,58?,59?,60+,61+,68-,69+,70+,71+,74+,75+/m1/s1. The van der Waals surface area contributed by atoms with Gasteiger partial charge in [0.1, 0.15) is 170 Å². The SMILES string of the molecule is CC(=O)NC(CO)C(=O)NC(C(=O)NC(C)C(=O)N1CCCC1C(=O)N1CCCC1C(=O)NC(C)C(N)=O)C(C)O[C@H]1OC(CO[C@@H]2OC(CO)[C@@H](O[C@@H]3OC(CO)[C@H](O)[C@H](O[C@]4(C(=O)O)C[C@@H](O)[C@@H](NC(C)=O)C([C@H](O)[C@H](O)CO)O4)C3O)[C@H](O)C2NC(C)=O)[C@H](O)[C@H](O[C@@H]2OC(CO)[C@H](O)[C@H](O[C@]3(C(=O)O)C[C@@H](O)[C@@H](NC(C)=O)C([C@H](O)[C@H](O)CO)O3)C2O)C1NC(C)=O. The third kappa shape index (κ3) is 25.4. The highest BCUT2D eigenvalue weighted by molar-refractivity contribution is 5.97. The summed E-state index contributed by atoms with van der Waals surface area (Å²) in [6.45, 7) is -0.653. The van der Waals surface area contributed by atoms with E-state index in [-0.39, 0.29) is 32.4 Å². The molecule has 8 fully saturated rings. The number of nitrogens with one attached hydrogen (secondary N) is 8. The lowest BCUT2D eigenvalue weighted by molar-refractivity contribution is -0.385. The number of nitrogens with zero attached hydrogens (tertiary/aromatic N) is 2. The molecule has 56 nitrogen and oxygen atoms in total. The molecule has 30 N–H and O–H groups in total. The predicted octanol–water partition coefficient (Wildman–Crippen LogP) is -18.2. The van der Waals surface area contributed by atoms with Crippen molar-refractivity contribution in [3.05, 3.63) is 0 Å². The van der Waals surface area contributed by atoms with Gasteiger partial charge in [-0.2, -0.15) is 0 Å². The van der Waals surface area contributed by atoms with Crippen molar-refractivity contribution in [1.29, 1.82) is 0 Å². The van der Waals surface area contributed by atoms with E-state index in [1.807, 2.05) is 0 Å². The van der Waals surface area contributed by atoms with Crippen LogP contribution in [0.1, 0.15) is 93.9 Å². The van der Waals surface area contributed by atoms with Gasteiger partial charge in [0.25, 0.3) is 11.6 Å². The van der Waals surface area contributed by atoms with Gasteiger partial charge in [-0.05, 0) is 46.5 Å². The summed E-state index contributed by atoms with van der Waals surface area (Å²) in [5.41, 5.74) is 5.36. The molecule has 0 bridgehead atoms. The van der Waals surface area contributed by atoms with Crippen molar-refractivity contribution >= 4 is 76.9 Å². The summed E-state index contributed by atoms with van der Waals surface area (Å²) in [5.74, 6) is -21.8. The quantitative estimate of drug-likeness (QED) is 0.0271. The molecule has 8 aliphatic rings. The molecule has 56 heteroatoms. The number of nitrogens with two attached hydrogens (primary N) is 1. The molecule has 0 radical (unpaired) electrons. The monoisotopic (exact) mass is 1900 g/mol. The summed E-state index contributed by atoms with van der Waals surface area (Å²) in [7, 11) is 0. The number of likely N-dealkylation sites (tertiary alicyclic amines) is 2. The van der Waals surface area contributed by atoms with Gasteiger partial charge in [-0.15, -0.1) is 0 Å². The Hall–Kier alpha value is -8.09. The molecule has 131 heavy (non-hydrogen) atoms. The number of aliphatic hydroxyl groups excluding tert-OH is 18. The van der Waals surface area contributed by atoms with Gasteiger partial charge in [-0.3, -0.25) is 52.7 Å². The van der Waals surface area contributed by atoms with Gasteiger partial charge in [0, 0.05) is 60.5 Å². The molecule has 0 aromatic heterocycles. The maximum atomic E-state index is 15.1. The second-order valence-electron chi connectivity index (χ2n) is 33.1. The molecule has 39 atom stereocenters. The van der Waals surface area contributed by atoms with Crippen LogP contribution >= 0.6 is 0 Å². The minimum atomic E-state index is -3.41. The van der Waals surface area contributed by atoms with Gasteiger partial charge in [-0.25, -0.2) is 9.59 Å². The Labute approximate surface area is 744 Å². The van der Waals surface area contributed by atoms with Crippen LogP contribution in [0, 0.1) is 0 Å². The molecule has 8 saturated heterocycles. The summed E-state index contributed by atoms with van der Waals surface area (Å²) in [5, 5.41) is 242. The molecular weight excluding hydrogens is 1770 g/mol. The number of primary amides is 1. The molecule has 0 aromatic rings. The van der Waals surface area contributed by atoms with Crippen molar-refractivity contribution in [3.63, 3.8) is 0 Å². The van der Waals surface area contributed by atoms with E-state index in [2.05, 4.69) is 42.5 Å². The number of rotatable bonds is 40. The number of ether oxygens (including phenoxy) is 12. The van der Waals surface area contributed by atoms with E-state index in [0.717, 1.165) is 53.4 Å². The van der Waals surface area contributed by atoms with E-state index in [4.69, 9.17) is 62.6 Å². The first-order valence-corrected chi connectivity index (χ1v) is 41.9. The van der Waals surface area contributed by atoms with E-state index >= 15 is 4.79 Å². The Balaban J connectivity index is 1.16. The molecule has 17 unspecified atom stereocenters. The van der Waals surface area contributed by atoms with Crippen LogP contribution < -0.4 is 48.3 Å². The van der Waals surface area contributed by atoms with Crippen LogP contribution in [0.5, 0.6) is 0 Å². The van der Waals surface area contributed by atoms with Crippen molar-refractivity contribution in [2.24, 2.45) is 5.73 Å². The number of aliphatic hydroxyl groups is 18. The van der Waals surface area contributed by atoms with Crippen LogP contribution in [0.3, 0.4) is 0 Å². The summed E-state index contributed by atoms with van der Waals surface area (Å²) in [4.78, 5) is 177. The van der Waals surface area contributed by atoms with Gasteiger partial charge in [0.05, 0.1) is 76.6 Å². The van der Waals surface area contributed by atoms with Crippen LogP contribution in [0.15, 0.2) is 0 Å².